The molecule has 0 spiro atoms. The van der Waals surface area contributed by atoms with Gasteiger partial charge in [-0.15, -0.1) is 0 Å². The van der Waals surface area contributed by atoms with E-state index in [1.54, 1.807) is 0 Å². The molecule has 0 saturated carbocycles. The van der Waals surface area contributed by atoms with Crippen molar-refractivity contribution >= 4 is 0 Å². The average molecular weight is 278 g/mol. The molecule has 0 bridgehead atoms. The van der Waals surface area contributed by atoms with Gasteiger partial charge in [-0.2, -0.15) is 0 Å². The third-order valence-electron chi connectivity index (χ3n) is 3.03. The fraction of sp³-hybridized carbons (Fsp3) is 0.600. The SMILES string of the molecule is O=c1ccn([C@@H]2O[C@H](CO)C(C(F)F)[C@H]2O)c(=O)[nH]1. The summed E-state index contributed by atoms with van der Waals surface area (Å²) < 4.78 is 31.4. The molecule has 2 heterocycles. The minimum atomic E-state index is -2.91. The molecule has 4 atom stereocenters. The van der Waals surface area contributed by atoms with Crippen molar-refractivity contribution in [1.82, 2.24) is 9.55 Å². The van der Waals surface area contributed by atoms with E-state index < -0.39 is 48.6 Å². The van der Waals surface area contributed by atoms with Crippen molar-refractivity contribution in [3.63, 3.8) is 0 Å². The van der Waals surface area contributed by atoms with Gasteiger partial charge in [0.05, 0.1) is 18.6 Å². The van der Waals surface area contributed by atoms with E-state index in [-0.39, 0.29) is 0 Å². The van der Waals surface area contributed by atoms with E-state index in [4.69, 9.17) is 9.84 Å². The van der Waals surface area contributed by atoms with Crippen LogP contribution < -0.4 is 11.2 Å². The lowest BCUT2D eigenvalue weighted by molar-refractivity contribution is -0.0560. The van der Waals surface area contributed by atoms with Crippen LogP contribution in [0.1, 0.15) is 6.23 Å². The van der Waals surface area contributed by atoms with Crippen LogP contribution in [0.15, 0.2) is 21.9 Å². The van der Waals surface area contributed by atoms with Gasteiger partial charge in [0.25, 0.3) is 5.56 Å². The van der Waals surface area contributed by atoms with Crippen LogP contribution in [0.3, 0.4) is 0 Å². The van der Waals surface area contributed by atoms with Gasteiger partial charge in [0.1, 0.15) is 6.10 Å². The van der Waals surface area contributed by atoms with Crippen molar-refractivity contribution < 1.29 is 23.7 Å². The number of rotatable bonds is 3. The van der Waals surface area contributed by atoms with Crippen molar-refractivity contribution in [2.45, 2.75) is 24.9 Å². The zero-order valence-corrected chi connectivity index (χ0v) is 9.57. The van der Waals surface area contributed by atoms with E-state index >= 15 is 0 Å². The number of aromatic amines is 1. The lowest BCUT2D eigenvalue weighted by Crippen LogP contribution is -2.37. The predicted molar refractivity (Wildman–Crippen MR) is 57.8 cm³/mol. The molecule has 1 fully saturated rings. The summed E-state index contributed by atoms with van der Waals surface area (Å²) in [6.45, 7) is -0.708. The molecule has 7 nitrogen and oxygen atoms in total. The summed E-state index contributed by atoms with van der Waals surface area (Å²) in [4.78, 5) is 24.3. The topological polar surface area (TPSA) is 105 Å². The Kier molecular flexibility index (Phi) is 3.78. The number of nitrogens with one attached hydrogen (secondary N) is 1. The standard InChI is InChI=1S/C10H12F2N2O5/c11-8(12)6-4(3-15)19-9(7(6)17)14-2-1-5(16)13-10(14)18/h1-2,4,6-9,15,17H,3H2,(H,13,16,18)/t4-,6?,7-,9-/m1/s1. The molecule has 1 aliphatic rings. The Morgan fingerprint density at radius 1 is 1.47 bits per heavy atom. The molecular formula is C10H12F2N2O5. The van der Waals surface area contributed by atoms with Crippen molar-refractivity contribution in [1.29, 1.82) is 0 Å². The molecule has 1 aromatic heterocycles. The number of hydrogen-bond acceptors (Lipinski definition) is 5. The smallest absolute Gasteiger partial charge is 0.330 e. The summed E-state index contributed by atoms with van der Waals surface area (Å²) in [6.07, 6.45) is -6.19. The zero-order valence-electron chi connectivity index (χ0n) is 9.57. The van der Waals surface area contributed by atoms with Gasteiger partial charge in [-0.05, 0) is 0 Å². The number of alkyl halides is 2. The van der Waals surface area contributed by atoms with E-state index in [2.05, 4.69) is 0 Å². The van der Waals surface area contributed by atoms with Gasteiger partial charge in [-0.25, -0.2) is 13.6 Å². The Bertz CT molecular complexity index is 557. The van der Waals surface area contributed by atoms with E-state index in [0.717, 1.165) is 16.8 Å². The van der Waals surface area contributed by atoms with Gasteiger partial charge in [-0.1, -0.05) is 0 Å². The molecule has 19 heavy (non-hydrogen) atoms. The Labute approximate surface area is 105 Å². The fourth-order valence-electron chi connectivity index (χ4n) is 2.09. The van der Waals surface area contributed by atoms with Crippen LogP contribution in [0.2, 0.25) is 0 Å². The van der Waals surface area contributed by atoms with Gasteiger partial charge < -0.3 is 14.9 Å². The summed E-state index contributed by atoms with van der Waals surface area (Å²) >= 11 is 0. The second-order valence-electron chi connectivity index (χ2n) is 4.17. The molecule has 106 valence electrons. The molecule has 1 aromatic rings. The van der Waals surface area contributed by atoms with Crippen molar-refractivity contribution in [3.8, 4) is 0 Å². The summed E-state index contributed by atoms with van der Waals surface area (Å²) in [5, 5.41) is 18.8. The largest absolute Gasteiger partial charge is 0.394 e. The first-order chi connectivity index (χ1) is 8.95. The Hall–Kier alpha value is -1.58. The van der Waals surface area contributed by atoms with Crippen molar-refractivity contribution in [2.75, 3.05) is 6.61 Å². The van der Waals surface area contributed by atoms with Gasteiger partial charge >= 0.3 is 5.69 Å². The Morgan fingerprint density at radius 3 is 2.63 bits per heavy atom. The summed E-state index contributed by atoms with van der Waals surface area (Å²) in [7, 11) is 0. The van der Waals surface area contributed by atoms with Crippen LogP contribution in [-0.2, 0) is 4.74 Å². The monoisotopic (exact) mass is 278 g/mol. The third-order valence-corrected chi connectivity index (χ3v) is 3.03. The molecule has 0 aromatic carbocycles. The lowest BCUT2D eigenvalue weighted by atomic mass is 9.99. The second kappa shape index (κ2) is 5.19. The van der Waals surface area contributed by atoms with E-state index in [9.17, 15) is 23.5 Å². The van der Waals surface area contributed by atoms with Crippen LogP contribution in [-0.4, -0.2) is 45.0 Å². The van der Waals surface area contributed by atoms with Crippen molar-refractivity contribution in [3.05, 3.63) is 33.1 Å². The highest BCUT2D eigenvalue weighted by atomic mass is 19.3. The molecule has 3 N–H and O–H groups in total. The summed E-state index contributed by atoms with van der Waals surface area (Å²) in [6, 6.07) is 1.00. The van der Waals surface area contributed by atoms with Crippen LogP contribution in [0.25, 0.3) is 0 Å². The van der Waals surface area contributed by atoms with Gasteiger partial charge in [0, 0.05) is 12.3 Å². The lowest BCUT2D eigenvalue weighted by Gasteiger charge is -2.18. The van der Waals surface area contributed by atoms with Crippen LogP contribution >= 0.6 is 0 Å². The first-order valence-electron chi connectivity index (χ1n) is 5.49. The third kappa shape index (κ3) is 2.44. The maximum absolute atomic E-state index is 12.8. The highest BCUT2D eigenvalue weighted by Gasteiger charge is 2.49. The van der Waals surface area contributed by atoms with Gasteiger partial charge in [-0.3, -0.25) is 14.3 Å². The highest BCUT2D eigenvalue weighted by molar-refractivity contribution is 4.93. The van der Waals surface area contributed by atoms with E-state index in [0.29, 0.717) is 0 Å². The van der Waals surface area contributed by atoms with Crippen molar-refractivity contribution in [2.24, 2.45) is 5.92 Å². The molecular weight excluding hydrogens is 266 g/mol. The average Bonchev–Trinajstić information content (AvgIpc) is 2.66. The quantitative estimate of drug-likeness (QED) is 0.635. The van der Waals surface area contributed by atoms with Crippen LogP contribution in [0.5, 0.6) is 0 Å². The molecule has 0 radical (unpaired) electrons. The number of hydrogen-bond donors (Lipinski definition) is 3. The first-order valence-corrected chi connectivity index (χ1v) is 5.49. The molecule has 1 unspecified atom stereocenters. The Balaban J connectivity index is 2.36. The summed E-state index contributed by atoms with van der Waals surface area (Å²) in [5.41, 5.74) is -1.54. The summed E-state index contributed by atoms with van der Waals surface area (Å²) in [5.74, 6) is -1.60. The predicted octanol–water partition coefficient (Wildman–Crippen LogP) is -1.33. The Morgan fingerprint density at radius 2 is 2.16 bits per heavy atom. The van der Waals surface area contributed by atoms with Gasteiger partial charge in [0.15, 0.2) is 6.23 Å². The first kappa shape index (κ1) is 13.8. The number of aliphatic hydroxyl groups excluding tert-OH is 2. The molecule has 0 aliphatic carbocycles. The number of aliphatic hydroxyl groups is 2. The normalized spacial score (nSPS) is 31.0. The second-order valence-corrected chi connectivity index (χ2v) is 4.17. The van der Waals surface area contributed by atoms with E-state index in [1.807, 2.05) is 4.98 Å². The van der Waals surface area contributed by atoms with Crippen LogP contribution in [0.4, 0.5) is 8.78 Å². The highest BCUT2D eigenvalue weighted by Crippen LogP contribution is 2.36. The minimum absolute atomic E-state index is 0.655. The maximum atomic E-state index is 12.8. The number of H-pyrrole nitrogens is 1. The molecule has 0 amide bonds. The zero-order chi connectivity index (χ0) is 14.2. The fourth-order valence-corrected chi connectivity index (χ4v) is 2.09. The number of ether oxygens (including phenoxy) is 1. The molecule has 1 aliphatic heterocycles. The van der Waals surface area contributed by atoms with E-state index in [1.165, 1.54) is 0 Å². The number of aromatic nitrogens is 2. The molecule has 1 saturated heterocycles. The number of nitrogens with zero attached hydrogens (tertiary/aromatic N) is 1. The number of halogens is 2. The van der Waals surface area contributed by atoms with Crippen LogP contribution in [0, 0.1) is 5.92 Å². The molecule has 2 rings (SSSR count). The molecule has 9 heteroatoms. The minimum Gasteiger partial charge on any atom is -0.394 e. The maximum Gasteiger partial charge on any atom is 0.330 e. The van der Waals surface area contributed by atoms with Gasteiger partial charge in [0.2, 0.25) is 6.43 Å².